The fourth-order valence-electron chi connectivity index (χ4n) is 0.311. The van der Waals surface area contributed by atoms with Crippen LogP contribution in [-0.4, -0.2) is 17.3 Å². The van der Waals surface area contributed by atoms with Crippen LogP contribution in [0, 0.1) is 10.1 Å². The molecule has 0 N–H and O–H groups in total. The van der Waals surface area contributed by atoms with Crippen molar-refractivity contribution in [3.63, 3.8) is 0 Å². The van der Waals surface area contributed by atoms with Gasteiger partial charge in [0.25, 0.3) is 0 Å². The summed E-state index contributed by atoms with van der Waals surface area (Å²) < 4.78 is 0. The molecule has 66 valence electrons. The van der Waals surface area contributed by atoms with Gasteiger partial charge in [-0.25, -0.2) is 4.79 Å². The lowest BCUT2D eigenvalue weighted by Crippen LogP contribution is -2.07. The third-order valence-electron chi connectivity index (χ3n) is 0.712. The number of rotatable bonds is 4. The molecule has 0 rings (SSSR count). The molecule has 0 aliphatic heterocycles. The maximum atomic E-state index is 10.4. The van der Waals surface area contributed by atoms with E-state index < -0.39 is 11.1 Å². The third kappa shape index (κ3) is 4.91. The number of hydrogen-bond donors (Lipinski definition) is 0. The highest BCUT2D eigenvalue weighted by Gasteiger charge is 2.02. The van der Waals surface area contributed by atoms with E-state index in [4.69, 9.17) is 0 Å². The van der Waals surface area contributed by atoms with E-state index >= 15 is 0 Å². The smallest absolute Gasteiger partial charge is 0.298 e. The van der Waals surface area contributed by atoms with Gasteiger partial charge in [0.1, 0.15) is 6.29 Å². The molecule has 0 aromatic rings. The van der Waals surface area contributed by atoms with Crippen molar-refractivity contribution in [1.29, 1.82) is 0 Å². The molecule has 0 radical (unpaired) electrons. The molecule has 7 nitrogen and oxygen atoms in total. The predicted molar refractivity (Wildman–Crippen MR) is 34.0 cm³/mol. The summed E-state index contributed by atoms with van der Waals surface area (Å²) in [7, 11) is 0. The maximum absolute atomic E-state index is 10.4. The van der Waals surface area contributed by atoms with Crippen LogP contribution < -0.4 is 0 Å². The summed E-state index contributed by atoms with van der Waals surface area (Å²) in [6.07, 6.45) is 1.16. The Balaban J connectivity index is 3.89. The van der Waals surface area contributed by atoms with Crippen molar-refractivity contribution < 1.29 is 24.6 Å². The summed E-state index contributed by atoms with van der Waals surface area (Å²) in [5, 5.41) is 8.19. The van der Waals surface area contributed by atoms with Gasteiger partial charge >= 0.3 is 11.1 Å². The quantitative estimate of drug-likeness (QED) is 0.193. The first kappa shape index (κ1) is 10.1. The van der Waals surface area contributed by atoms with Crippen LogP contribution in [0.3, 0.4) is 0 Å². The van der Waals surface area contributed by atoms with Crippen LogP contribution >= 0.6 is 0 Å². The van der Waals surface area contributed by atoms with Crippen LogP contribution in [0.5, 0.6) is 0 Å². The largest absolute Gasteiger partial charge is 0.367 e. The van der Waals surface area contributed by atoms with Crippen LogP contribution in [-0.2, 0) is 19.5 Å². The zero-order valence-corrected chi connectivity index (χ0v) is 6.05. The summed E-state index contributed by atoms with van der Waals surface area (Å²) in [6.45, 7) is 1.33. The number of aldehydes is 1. The van der Waals surface area contributed by atoms with E-state index in [1.807, 2.05) is 0 Å². The lowest BCUT2D eigenvalue weighted by molar-refractivity contribution is -0.839. The summed E-state index contributed by atoms with van der Waals surface area (Å²) >= 11 is 0. The van der Waals surface area contributed by atoms with Gasteiger partial charge in [-0.3, -0.25) is 9.68 Å². The molecule has 0 bridgehead atoms. The SMILES string of the molecule is C/C(C=O)=C/C(=O)OO[N+](=O)[O-]. The molecule has 0 aromatic heterocycles. The summed E-state index contributed by atoms with van der Waals surface area (Å²) in [4.78, 5) is 36.7. The van der Waals surface area contributed by atoms with Gasteiger partial charge in [0.15, 0.2) is 0 Å². The molecular weight excluding hydrogens is 170 g/mol. The second-order valence-corrected chi connectivity index (χ2v) is 1.71. The number of nitrogens with zero attached hydrogens (tertiary/aromatic N) is 1. The third-order valence-corrected chi connectivity index (χ3v) is 0.712. The fraction of sp³-hybridized carbons (Fsp3) is 0.200. The molecule has 7 heteroatoms. The van der Waals surface area contributed by atoms with Crippen molar-refractivity contribution in [2.45, 2.75) is 6.92 Å². The Morgan fingerprint density at radius 1 is 1.58 bits per heavy atom. The van der Waals surface area contributed by atoms with Gasteiger partial charge in [0.2, 0.25) is 0 Å². The topological polar surface area (TPSA) is 95.7 Å². The summed E-state index contributed by atoms with van der Waals surface area (Å²) in [5.74, 6) is -1.11. The zero-order valence-electron chi connectivity index (χ0n) is 6.05. The van der Waals surface area contributed by atoms with Gasteiger partial charge in [-0.2, -0.15) is 0 Å². The highest BCUT2D eigenvalue weighted by Crippen LogP contribution is 1.89. The van der Waals surface area contributed by atoms with Crippen LogP contribution in [0.25, 0.3) is 0 Å². The van der Waals surface area contributed by atoms with E-state index in [0.29, 0.717) is 6.29 Å². The first-order chi connectivity index (χ1) is 5.56. The van der Waals surface area contributed by atoms with Gasteiger partial charge in [-0.1, -0.05) is 4.99 Å². The number of allylic oxidation sites excluding steroid dienone is 1. The van der Waals surface area contributed by atoms with Crippen LogP contribution in [0.4, 0.5) is 0 Å². The van der Waals surface area contributed by atoms with Gasteiger partial charge in [0.05, 0.1) is 0 Å². The van der Waals surface area contributed by atoms with E-state index in [1.165, 1.54) is 6.92 Å². The molecule has 0 amide bonds. The molecular formula is C5H5NO6. The fourth-order valence-corrected chi connectivity index (χ4v) is 0.311. The van der Waals surface area contributed by atoms with Crippen molar-refractivity contribution in [2.75, 3.05) is 0 Å². The lowest BCUT2D eigenvalue weighted by atomic mass is 10.3. The Kier molecular flexibility index (Phi) is 4.06. The van der Waals surface area contributed by atoms with E-state index in [0.717, 1.165) is 6.08 Å². The molecule has 0 saturated heterocycles. The van der Waals surface area contributed by atoms with E-state index in [-0.39, 0.29) is 5.57 Å². The van der Waals surface area contributed by atoms with Crippen LogP contribution in [0.15, 0.2) is 11.6 Å². The number of carbonyl (C=O) groups is 2. The second-order valence-electron chi connectivity index (χ2n) is 1.71. The molecule has 0 spiro atoms. The Morgan fingerprint density at radius 2 is 2.17 bits per heavy atom. The molecule has 0 aliphatic rings. The highest BCUT2D eigenvalue weighted by atomic mass is 17.3. The van der Waals surface area contributed by atoms with Gasteiger partial charge < -0.3 is 0 Å². The van der Waals surface area contributed by atoms with Crippen molar-refractivity contribution in [3.8, 4) is 0 Å². The summed E-state index contributed by atoms with van der Waals surface area (Å²) in [5.41, 5.74) is 0.0759. The number of carbonyl (C=O) groups excluding carboxylic acids is 2. The molecule has 0 fully saturated rings. The van der Waals surface area contributed by atoms with Crippen molar-refractivity contribution >= 4 is 12.3 Å². The normalized spacial score (nSPS) is 10.2. The van der Waals surface area contributed by atoms with Crippen molar-refractivity contribution in [3.05, 3.63) is 21.8 Å². The van der Waals surface area contributed by atoms with E-state index in [1.54, 1.807) is 0 Å². The van der Waals surface area contributed by atoms with Crippen LogP contribution in [0.1, 0.15) is 6.92 Å². The van der Waals surface area contributed by atoms with Gasteiger partial charge in [-0.15, -0.1) is 10.1 Å². The predicted octanol–water partition coefficient (Wildman–Crippen LogP) is -0.202. The lowest BCUT2D eigenvalue weighted by Gasteiger charge is -1.93. The monoisotopic (exact) mass is 175 g/mol. The minimum absolute atomic E-state index is 0.0759. The molecule has 0 atom stereocenters. The van der Waals surface area contributed by atoms with Crippen molar-refractivity contribution in [2.24, 2.45) is 0 Å². The Hall–Kier alpha value is -1.92. The standard InChI is InChI=1S/C5H5NO6/c1-4(3-7)2-5(8)11-12-6(9)10/h2-3H,1H3/b4-2-. The van der Waals surface area contributed by atoms with Crippen molar-refractivity contribution in [1.82, 2.24) is 0 Å². The Morgan fingerprint density at radius 3 is 2.58 bits per heavy atom. The number of hydrogen-bond acceptors (Lipinski definition) is 6. The minimum Gasteiger partial charge on any atom is -0.298 e. The molecule has 0 heterocycles. The highest BCUT2D eigenvalue weighted by molar-refractivity contribution is 5.88. The van der Waals surface area contributed by atoms with E-state index in [2.05, 4.69) is 9.88 Å². The Labute approximate surface area is 66.6 Å². The molecule has 0 aliphatic carbocycles. The second kappa shape index (κ2) is 4.83. The molecule has 0 saturated carbocycles. The first-order valence-corrected chi connectivity index (χ1v) is 2.72. The molecule has 0 unspecified atom stereocenters. The molecule has 0 aromatic carbocycles. The summed E-state index contributed by atoms with van der Waals surface area (Å²) in [6, 6.07) is 0. The zero-order chi connectivity index (χ0) is 9.56. The minimum atomic E-state index is -1.29. The maximum Gasteiger partial charge on any atom is 0.367 e. The Bertz CT molecular complexity index is 232. The average molecular weight is 175 g/mol. The first-order valence-electron chi connectivity index (χ1n) is 2.72. The van der Waals surface area contributed by atoms with Crippen LogP contribution in [0.2, 0.25) is 0 Å². The average Bonchev–Trinajstić information content (AvgIpc) is 2.00. The van der Waals surface area contributed by atoms with E-state index in [9.17, 15) is 19.7 Å². The molecule has 12 heavy (non-hydrogen) atoms. The van der Waals surface area contributed by atoms with Gasteiger partial charge in [0, 0.05) is 6.08 Å². The van der Waals surface area contributed by atoms with Gasteiger partial charge in [-0.05, 0) is 12.5 Å².